The van der Waals surface area contributed by atoms with E-state index < -0.39 is 5.97 Å². The van der Waals surface area contributed by atoms with Crippen molar-refractivity contribution >= 4 is 12.3 Å². The lowest BCUT2D eigenvalue weighted by molar-refractivity contribution is -0.139. The fourth-order valence-electron chi connectivity index (χ4n) is 2.13. The second-order valence-electron chi connectivity index (χ2n) is 5.34. The number of ether oxygens (including phenoxy) is 2. The number of hydrogen-bond donors (Lipinski definition) is 0. The molecular formula is C18H26O4. The number of esters is 1. The van der Waals surface area contributed by atoms with Crippen molar-refractivity contribution in [2.75, 3.05) is 13.2 Å². The zero-order valence-electron chi connectivity index (χ0n) is 13.4. The van der Waals surface area contributed by atoms with Gasteiger partial charge in [0.25, 0.3) is 0 Å². The van der Waals surface area contributed by atoms with Crippen LogP contribution in [-0.2, 0) is 9.53 Å². The molecule has 0 aliphatic carbocycles. The molecule has 0 aromatic heterocycles. The summed E-state index contributed by atoms with van der Waals surface area (Å²) >= 11 is 0. The summed E-state index contributed by atoms with van der Waals surface area (Å²) in [6.07, 6.45) is 9.22. The first-order chi connectivity index (χ1) is 10.8. The van der Waals surface area contributed by atoms with Gasteiger partial charge in [-0.05, 0) is 18.6 Å². The Morgan fingerprint density at radius 2 is 1.82 bits per heavy atom. The van der Waals surface area contributed by atoms with E-state index in [9.17, 15) is 9.59 Å². The number of unbranched alkanes of at least 4 members (excludes halogenated alkanes) is 6. The Morgan fingerprint density at radius 1 is 1.09 bits per heavy atom. The van der Waals surface area contributed by atoms with Crippen molar-refractivity contribution in [2.24, 2.45) is 0 Å². The molecule has 0 bridgehead atoms. The maximum absolute atomic E-state index is 11.6. The van der Waals surface area contributed by atoms with Crippen molar-refractivity contribution in [3.63, 3.8) is 0 Å². The molecule has 0 atom stereocenters. The highest BCUT2D eigenvalue weighted by Gasteiger charge is 2.05. The Bertz CT molecular complexity index is 442. The second-order valence-corrected chi connectivity index (χ2v) is 5.34. The second kappa shape index (κ2) is 11.9. The van der Waals surface area contributed by atoms with Crippen LogP contribution in [-0.4, -0.2) is 25.5 Å². The van der Waals surface area contributed by atoms with Gasteiger partial charge in [-0.25, -0.2) is 4.79 Å². The molecule has 0 aliphatic rings. The standard InChI is InChI=1S/C18H26O4/c1-2-3-4-5-6-7-8-12-21-15-18(20)22-17-11-9-10-16(13-17)14-19/h9-11,13-14H,2-8,12,15H2,1H3. The van der Waals surface area contributed by atoms with Gasteiger partial charge in [0, 0.05) is 12.2 Å². The van der Waals surface area contributed by atoms with Gasteiger partial charge in [-0.15, -0.1) is 0 Å². The number of carbonyl (C=O) groups is 2. The third kappa shape index (κ3) is 8.57. The van der Waals surface area contributed by atoms with Gasteiger partial charge in [0.1, 0.15) is 18.6 Å². The third-order valence-electron chi connectivity index (χ3n) is 3.34. The Hall–Kier alpha value is -1.68. The van der Waals surface area contributed by atoms with Crippen molar-refractivity contribution in [1.29, 1.82) is 0 Å². The molecule has 4 nitrogen and oxygen atoms in total. The summed E-state index contributed by atoms with van der Waals surface area (Å²) in [6.45, 7) is 2.74. The number of rotatable bonds is 12. The van der Waals surface area contributed by atoms with E-state index in [1.807, 2.05) is 0 Å². The number of carbonyl (C=O) groups excluding carboxylic acids is 2. The lowest BCUT2D eigenvalue weighted by Crippen LogP contribution is -2.16. The molecule has 122 valence electrons. The maximum Gasteiger partial charge on any atom is 0.337 e. The van der Waals surface area contributed by atoms with Crippen molar-refractivity contribution in [3.05, 3.63) is 29.8 Å². The van der Waals surface area contributed by atoms with E-state index in [4.69, 9.17) is 9.47 Å². The predicted octanol–water partition coefficient (Wildman–Crippen LogP) is 4.17. The zero-order valence-corrected chi connectivity index (χ0v) is 13.4. The molecule has 0 heterocycles. The minimum atomic E-state index is -0.439. The van der Waals surface area contributed by atoms with Crippen molar-refractivity contribution in [2.45, 2.75) is 51.9 Å². The molecule has 4 heteroatoms. The van der Waals surface area contributed by atoms with Gasteiger partial charge in [0.15, 0.2) is 0 Å². The highest BCUT2D eigenvalue weighted by molar-refractivity contribution is 5.77. The Labute approximate surface area is 132 Å². The van der Waals surface area contributed by atoms with E-state index >= 15 is 0 Å². The van der Waals surface area contributed by atoms with Crippen LogP contribution < -0.4 is 4.74 Å². The Morgan fingerprint density at radius 3 is 2.55 bits per heavy atom. The van der Waals surface area contributed by atoms with Gasteiger partial charge in [-0.2, -0.15) is 0 Å². The summed E-state index contributed by atoms with van der Waals surface area (Å²) < 4.78 is 10.4. The van der Waals surface area contributed by atoms with Crippen LogP contribution in [0, 0.1) is 0 Å². The van der Waals surface area contributed by atoms with E-state index in [1.54, 1.807) is 18.2 Å². The summed E-state index contributed by atoms with van der Waals surface area (Å²) in [7, 11) is 0. The van der Waals surface area contributed by atoms with Crippen molar-refractivity contribution in [3.8, 4) is 5.75 Å². The highest BCUT2D eigenvalue weighted by atomic mass is 16.6. The Kier molecular flexibility index (Phi) is 9.96. The SMILES string of the molecule is CCCCCCCCCOCC(=O)Oc1cccc(C=O)c1. The summed E-state index contributed by atoms with van der Waals surface area (Å²) in [5, 5.41) is 0. The molecule has 0 fully saturated rings. The Balaban J connectivity index is 2.05. The highest BCUT2D eigenvalue weighted by Crippen LogP contribution is 2.12. The minimum absolute atomic E-state index is 0.0544. The quantitative estimate of drug-likeness (QED) is 0.252. The molecule has 1 rings (SSSR count). The maximum atomic E-state index is 11.6. The molecule has 0 spiro atoms. The van der Waals surface area contributed by atoms with Crippen molar-refractivity contribution in [1.82, 2.24) is 0 Å². The fraction of sp³-hybridized carbons (Fsp3) is 0.556. The molecule has 0 saturated carbocycles. The van der Waals surface area contributed by atoms with Gasteiger partial charge >= 0.3 is 5.97 Å². The lowest BCUT2D eigenvalue weighted by atomic mass is 10.1. The van der Waals surface area contributed by atoms with Crippen LogP contribution >= 0.6 is 0 Å². The van der Waals surface area contributed by atoms with Crippen LogP contribution in [0.4, 0.5) is 0 Å². The summed E-state index contributed by atoms with van der Waals surface area (Å²) in [5.74, 6) is -0.0693. The van der Waals surface area contributed by atoms with E-state index in [0.29, 0.717) is 24.2 Å². The van der Waals surface area contributed by atoms with Gasteiger partial charge in [0.05, 0.1) is 0 Å². The van der Waals surface area contributed by atoms with Gasteiger partial charge in [0.2, 0.25) is 0 Å². The first-order valence-corrected chi connectivity index (χ1v) is 8.10. The first-order valence-electron chi connectivity index (χ1n) is 8.10. The molecule has 0 saturated heterocycles. The molecule has 0 radical (unpaired) electrons. The van der Waals surface area contributed by atoms with Gasteiger partial charge < -0.3 is 9.47 Å². The molecule has 0 amide bonds. The molecule has 0 unspecified atom stereocenters. The van der Waals surface area contributed by atoms with Gasteiger partial charge in [-0.1, -0.05) is 57.6 Å². The molecule has 1 aromatic carbocycles. The molecule has 0 N–H and O–H groups in total. The monoisotopic (exact) mass is 306 g/mol. The van der Waals surface area contributed by atoms with Crippen LogP contribution in [0.15, 0.2) is 24.3 Å². The van der Waals surface area contributed by atoms with Gasteiger partial charge in [-0.3, -0.25) is 4.79 Å². The third-order valence-corrected chi connectivity index (χ3v) is 3.34. The molecule has 1 aromatic rings. The van der Waals surface area contributed by atoms with E-state index in [0.717, 1.165) is 12.8 Å². The smallest absolute Gasteiger partial charge is 0.337 e. The van der Waals surface area contributed by atoms with E-state index in [-0.39, 0.29) is 6.61 Å². The van der Waals surface area contributed by atoms with E-state index in [1.165, 1.54) is 38.2 Å². The normalized spacial score (nSPS) is 10.4. The minimum Gasteiger partial charge on any atom is -0.425 e. The van der Waals surface area contributed by atoms with Crippen LogP contribution in [0.1, 0.15) is 62.2 Å². The van der Waals surface area contributed by atoms with Crippen LogP contribution in [0.25, 0.3) is 0 Å². The largest absolute Gasteiger partial charge is 0.425 e. The lowest BCUT2D eigenvalue weighted by Gasteiger charge is -2.06. The van der Waals surface area contributed by atoms with Crippen molar-refractivity contribution < 1.29 is 19.1 Å². The van der Waals surface area contributed by atoms with Crippen LogP contribution in [0.3, 0.4) is 0 Å². The topological polar surface area (TPSA) is 52.6 Å². The average Bonchev–Trinajstić information content (AvgIpc) is 2.53. The summed E-state index contributed by atoms with van der Waals surface area (Å²) in [4.78, 5) is 22.2. The number of hydrogen-bond acceptors (Lipinski definition) is 4. The first kappa shape index (κ1) is 18.4. The molecular weight excluding hydrogens is 280 g/mol. The van der Waals surface area contributed by atoms with Crippen LogP contribution in [0.2, 0.25) is 0 Å². The number of benzene rings is 1. The zero-order chi connectivity index (χ0) is 16.0. The van der Waals surface area contributed by atoms with Crippen LogP contribution in [0.5, 0.6) is 5.75 Å². The average molecular weight is 306 g/mol. The molecule has 22 heavy (non-hydrogen) atoms. The number of aldehydes is 1. The fourth-order valence-corrected chi connectivity index (χ4v) is 2.13. The summed E-state index contributed by atoms with van der Waals surface area (Å²) in [5.41, 5.74) is 0.481. The molecule has 0 aliphatic heterocycles. The van der Waals surface area contributed by atoms with E-state index in [2.05, 4.69) is 6.92 Å². The predicted molar refractivity (Wildman–Crippen MR) is 86.3 cm³/mol. The summed E-state index contributed by atoms with van der Waals surface area (Å²) in [6, 6.07) is 6.50.